The first-order valence-corrected chi connectivity index (χ1v) is 12.9. The van der Waals surface area contributed by atoms with Crippen molar-refractivity contribution in [1.29, 1.82) is 0 Å². The van der Waals surface area contributed by atoms with Gasteiger partial charge in [0.1, 0.15) is 5.82 Å². The third kappa shape index (κ3) is 6.12. The van der Waals surface area contributed by atoms with E-state index in [1.165, 1.54) is 11.1 Å². The van der Waals surface area contributed by atoms with Crippen LogP contribution in [0, 0.1) is 6.92 Å². The van der Waals surface area contributed by atoms with E-state index in [1.54, 1.807) is 23.1 Å². The lowest BCUT2D eigenvalue weighted by Crippen LogP contribution is -2.44. The van der Waals surface area contributed by atoms with Crippen LogP contribution in [-0.4, -0.2) is 57.4 Å². The van der Waals surface area contributed by atoms with Gasteiger partial charge in [-0.25, -0.2) is 4.98 Å². The lowest BCUT2D eigenvalue weighted by molar-refractivity contribution is 0.0313. The number of ether oxygens (including phenoxy) is 1. The molecule has 3 aromatic rings. The highest BCUT2D eigenvalue weighted by Crippen LogP contribution is 2.23. The van der Waals surface area contributed by atoms with Gasteiger partial charge in [0.2, 0.25) is 0 Å². The van der Waals surface area contributed by atoms with E-state index in [0.717, 1.165) is 55.6 Å². The van der Waals surface area contributed by atoms with Gasteiger partial charge in [0.05, 0.1) is 30.5 Å². The maximum Gasteiger partial charge on any atom is 0.255 e. The Labute approximate surface area is 213 Å². The van der Waals surface area contributed by atoms with E-state index in [4.69, 9.17) is 10.5 Å². The second kappa shape index (κ2) is 11.7. The number of unbranched alkanes of at least 4 members (excludes halogenated alkanes) is 1. The summed E-state index contributed by atoms with van der Waals surface area (Å²) in [6.45, 7) is 9.56. The van der Waals surface area contributed by atoms with Crippen molar-refractivity contribution in [2.24, 2.45) is 7.05 Å². The molecule has 4 rings (SSSR count). The lowest BCUT2D eigenvalue weighted by atomic mass is 10.0. The third-order valence-electron chi connectivity index (χ3n) is 6.95. The molecule has 2 atom stereocenters. The molecule has 1 aliphatic rings. The molecule has 192 valence electrons. The van der Waals surface area contributed by atoms with E-state index in [-0.39, 0.29) is 23.9 Å². The quantitative estimate of drug-likeness (QED) is 0.449. The average molecular weight is 491 g/mol. The van der Waals surface area contributed by atoms with Crippen LogP contribution in [0.2, 0.25) is 0 Å². The standard InChI is InChI=1S/C28H38N6O2/c1-5-7-10-34-16-25(26(17-34)36-18-20-9-8-19(3)21(6-2)11-20)32-28(35)24-12-22(13-30-27(24)29)23-14-31-33(4)15-23/h8-9,11-15,25-26H,5-7,10,16-18H2,1-4H3,(H2,29,30)(H,32,35)/t25-,26-/m0/s1. The number of aromatic nitrogens is 3. The SMILES string of the molecule is CCCCN1C[C@H](NC(=O)c2cc(-c3cnn(C)c3)cnc2N)[C@@H](OCc2ccc(C)c(CC)c2)C1. The second-order valence-electron chi connectivity index (χ2n) is 9.72. The van der Waals surface area contributed by atoms with Gasteiger partial charge in [0.15, 0.2) is 0 Å². The fourth-order valence-corrected chi connectivity index (χ4v) is 4.75. The van der Waals surface area contributed by atoms with Gasteiger partial charge in [-0.15, -0.1) is 0 Å². The number of aryl methyl sites for hydroxylation is 3. The number of hydrogen-bond donors (Lipinski definition) is 2. The Morgan fingerprint density at radius 1 is 1.19 bits per heavy atom. The number of anilines is 1. The van der Waals surface area contributed by atoms with Gasteiger partial charge >= 0.3 is 0 Å². The van der Waals surface area contributed by atoms with Gasteiger partial charge in [-0.2, -0.15) is 5.10 Å². The molecule has 8 heteroatoms. The van der Waals surface area contributed by atoms with E-state index in [2.05, 4.69) is 59.3 Å². The molecule has 8 nitrogen and oxygen atoms in total. The highest BCUT2D eigenvalue weighted by Gasteiger charge is 2.35. The molecule has 1 aromatic carbocycles. The lowest BCUT2D eigenvalue weighted by Gasteiger charge is -2.21. The summed E-state index contributed by atoms with van der Waals surface area (Å²) in [4.78, 5) is 20.0. The molecule has 36 heavy (non-hydrogen) atoms. The van der Waals surface area contributed by atoms with Crippen LogP contribution in [0.5, 0.6) is 0 Å². The van der Waals surface area contributed by atoms with E-state index in [1.807, 2.05) is 13.2 Å². The van der Waals surface area contributed by atoms with Gasteiger partial charge in [-0.1, -0.05) is 38.5 Å². The molecule has 1 aliphatic heterocycles. The number of carbonyl (C=O) groups excluding carboxylic acids is 1. The number of carbonyl (C=O) groups is 1. The molecular formula is C28H38N6O2. The minimum absolute atomic E-state index is 0.104. The summed E-state index contributed by atoms with van der Waals surface area (Å²) in [5.74, 6) is -0.0181. The summed E-state index contributed by atoms with van der Waals surface area (Å²) in [7, 11) is 1.85. The van der Waals surface area contributed by atoms with E-state index >= 15 is 0 Å². The van der Waals surface area contributed by atoms with Gasteiger partial charge in [0.25, 0.3) is 5.91 Å². The van der Waals surface area contributed by atoms with Crippen molar-refractivity contribution in [3.63, 3.8) is 0 Å². The maximum atomic E-state index is 13.3. The van der Waals surface area contributed by atoms with Crippen LogP contribution in [0.15, 0.2) is 42.9 Å². The van der Waals surface area contributed by atoms with Crippen molar-refractivity contribution in [3.8, 4) is 11.1 Å². The summed E-state index contributed by atoms with van der Waals surface area (Å²) in [5, 5.41) is 7.41. The molecule has 1 amide bonds. The molecule has 0 aliphatic carbocycles. The predicted octanol–water partition coefficient (Wildman–Crippen LogP) is 3.73. The first-order valence-electron chi connectivity index (χ1n) is 12.9. The summed E-state index contributed by atoms with van der Waals surface area (Å²) >= 11 is 0. The molecule has 0 bridgehead atoms. The van der Waals surface area contributed by atoms with Crippen molar-refractivity contribution in [2.75, 3.05) is 25.4 Å². The molecule has 0 radical (unpaired) electrons. The largest absolute Gasteiger partial charge is 0.383 e. The van der Waals surface area contributed by atoms with E-state index in [9.17, 15) is 4.79 Å². The van der Waals surface area contributed by atoms with Crippen LogP contribution in [0.4, 0.5) is 5.82 Å². The van der Waals surface area contributed by atoms with Gasteiger partial charge < -0.3 is 15.8 Å². The normalized spacial score (nSPS) is 18.0. The molecular weight excluding hydrogens is 452 g/mol. The smallest absolute Gasteiger partial charge is 0.255 e. The average Bonchev–Trinajstić information content (AvgIpc) is 3.48. The summed E-state index contributed by atoms with van der Waals surface area (Å²) in [5.41, 5.74) is 12.0. The minimum atomic E-state index is -0.231. The fraction of sp³-hybridized carbons (Fsp3) is 0.464. The van der Waals surface area contributed by atoms with Crippen LogP contribution < -0.4 is 11.1 Å². The first-order chi connectivity index (χ1) is 17.4. The summed E-state index contributed by atoms with van der Waals surface area (Å²) in [6.07, 6.45) is 8.45. The third-order valence-corrected chi connectivity index (χ3v) is 6.95. The van der Waals surface area contributed by atoms with Crippen LogP contribution in [0.1, 0.15) is 53.7 Å². The number of likely N-dealkylation sites (tertiary alicyclic amines) is 1. The zero-order valence-corrected chi connectivity index (χ0v) is 21.8. The number of nitrogens with zero attached hydrogens (tertiary/aromatic N) is 4. The van der Waals surface area contributed by atoms with Crippen molar-refractivity contribution in [3.05, 3.63) is 65.1 Å². The molecule has 0 spiro atoms. The number of benzene rings is 1. The number of nitrogens with one attached hydrogen (secondary N) is 1. The molecule has 1 fully saturated rings. The predicted molar refractivity (Wildman–Crippen MR) is 143 cm³/mol. The summed E-state index contributed by atoms with van der Waals surface area (Å²) in [6, 6.07) is 8.16. The van der Waals surface area contributed by atoms with Crippen LogP contribution >= 0.6 is 0 Å². The van der Waals surface area contributed by atoms with E-state index < -0.39 is 0 Å². The molecule has 3 heterocycles. The maximum absolute atomic E-state index is 13.3. The van der Waals surface area contributed by atoms with Gasteiger partial charge in [-0.3, -0.25) is 14.4 Å². The van der Waals surface area contributed by atoms with Crippen LogP contribution in [-0.2, 0) is 24.8 Å². The first kappa shape index (κ1) is 25.9. The minimum Gasteiger partial charge on any atom is -0.383 e. The molecule has 0 unspecified atom stereocenters. The zero-order valence-electron chi connectivity index (χ0n) is 21.8. The topological polar surface area (TPSA) is 98.3 Å². The van der Waals surface area contributed by atoms with Crippen LogP contribution in [0.25, 0.3) is 11.1 Å². The zero-order chi connectivity index (χ0) is 25.7. The second-order valence-corrected chi connectivity index (χ2v) is 9.72. The Morgan fingerprint density at radius 3 is 2.75 bits per heavy atom. The number of nitrogens with two attached hydrogens (primary N) is 1. The van der Waals surface area contributed by atoms with Crippen molar-refractivity contribution >= 4 is 11.7 Å². The van der Waals surface area contributed by atoms with Crippen molar-refractivity contribution in [2.45, 2.75) is 58.8 Å². The molecule has 2 aromatic heterocycles. The van der Waals surface area contributed by atoms with Gasteiger partial charge in [-0.05, 0) is 49.1 Å². The monoisotopic (exact) mass is 490 g/mol. The molecule has 3 N–H and O–H groups in total. The molecule has 1 saturated heterocycles. The Hall–Kier alpha value is -3.23. The Morgan fingerprint density at radius 2 is 2.03 bits per heavy atom. The summed E-state index contributed by atoms with van der Waals surface area (Å²) < 4.78 is 8.12. The van der Waals surface area contributed by atoms with Gasteiger partial charge in [0, 0.05) is 43.7 Å². The van der Waals surface area contributed by atoms with E-state index in [0.29, 0.717) is 12.2 Å². The molecule has 0 saturated carbocycles. The van der Waals surface area contributed by atoms with Crippen molar-refractivity contribution < 1.29 is 9.53 Å². The number of pyridine rings is 1. The fourth-order valence-electron chi connectivity index (χ4n) is 4.75. The number of hydrogen-bond acceptors (Lipinski definition) is 6. The Kier molecular flexibility index (Phi) is 8.38. The highest BCUT2D eigenvalue weighted by molar-refractivity contribution is 5.99. The number of rotatable bonds is 10. The Balaban J connectivity index is 1.48. The Bertz CT molecular complexity index is 1190. The number of amides is 1. The van der Waals surface area contributed by atoms with Crippen LogP contribution in [0.3, 0.4) is 0 Å². The number of nitrogen functional groups attached to an aromatic ring is 1. The van der Waals surface area contributed by atoms with Crippen molar-refractivity contribution in [1.82, 2.24) is 25.0 Å². The highest BCUT2D eigenvalue weighted by atomic mass is 16.5.